The van der Waals surface area contributed by atoms with E-state index in [1.54, 1.807) is 0 Å². The van der Waals surface area contributed by atoms with Crippen LogP contribution >= 0.6 is 24.0 Å². The molecule has 0 spiro atoms. The second-order valence-corrected chi connectivity index (χ2v) is 9.19. The summed E-state index contributed by atoms with van der Waals surface area (Å²) in [5, 5.41) is 12.1. The van der Waals surface area contributed by atoms with Gasteiger partial charge in [0, 0.05) is 51.4 Å². The van der Waals surface area contributed by atoms with Gasteiger partial charge in [-0.2, -0.15) is 0 Å². The number of halogens is 1. The van der Waals surface area contributed by atoms with E-state index in [0.29, 0.717) is 18.5 Å². The van der Waals surface area contributed by atoms with Gasteiger partial charge in [0.05, 0.1) is 0 Å². The van der Waals surface area contributed by atoms with Crippen molar-refractivity contribution in [1.82, 2.24) is 29.7 Å². The Morgan fingerprint density at radius 1 is 1.06 bits per heavy atom. The number of aliphatic imine (C=N–C) groups is 1. The molecule has 2 aliphatic heterocycles. The van der Waals surface area contributed by atoms with Crippen LogP contribution in [0.15, 0.2) is 59.7 Å². The van der Waals surface area contributed by atoms with Gasteiger partial charge in [-0.3, -0.25) is 14.3 Å². The Balaban J connectivity index is 0.00000274. The minimum absolute atomic E-state index is 0. The van der Waals surface area contributed by atoms with E-state index in [2.05, 4.69) is 67.0 Å². The van der Waals surface area contributed by atoms with Gasteiger partial charge in [0.15, 0.2) is 11.6 Å². The lowest BCUT2D eigenvalue weighted by Crippen LogP contribution is -2.56. The Hall–Kier alpha value is -2.20. The van der Waals surface area contributed by atoms with E-state index in [1.807, 2.05) is 24.4 Å². The van der Waals surface area contributed by atoms with Gasteiger partial charge in [-0.1, -0.05) is 36.4 Å². The van der Waals surface area contributed by atoms with Crippen molar-refractivity contribution in [3.63, 3.8) is 0 Å². The summed E-state index contributed by atoms with van der Waals surface area (Å²) in [6.07, 6.45) is 6.61. The van der Waals surface area contributed by atoms with Crippen LogP contribution in [0.3, 0.4) is 0 Å². The average Bonchev–Trinajstić information content (AvgIpc) is 3.27. The maximum atomic E-state index is 4.98. The molecule has 182 valence electrons. The number of benzene rings is 1. The Morgan fingerprint density at radius 2 is 1.91 bits per heavy atom. The summed E-state index contributed by atoms with van der Waals surface area (Å²) in [5.74, 6) is 2.72. The van der Waals surface area contributed by atoms with Crippen LogP contribution in [-0.2, 0) is 13.0 Å². The van der Waals surface area contributed by atoms with Gasteiger partial charge >= 0.3 is 0 Å². The van der Waals surface area contributed by atoms with Gasteiger partial charge in [-0.05, 0) is 56.3 Å². The number of hydrogen-bond donors (Lipinski definition) is 1. The normalized spacial score (nSPS) is 21.2. The summed E-state index contributed by atoms with van der Waals surface area (Å²) in [6.45, 7) is 8.19. The smallest absolute Gasteiger partial charge is 0.193 e. The van der Waals surface area contributed by atoms with Gasteiger partial charge in [-0.25, -0.2) is 0 Å². The van der Waals surface area contributed by atoms with Crippen molar-refractivity contribution < 1.29 is 0 Å². The minimum atomic E-state index is 0. The van der Waals surface area contributed by atoms with E-state index in [1.165, 1.54) is 31.4 Å². The number of nitrogens with one attached hydrogen (secondary N) is 1. The number of pyridine rings is 1. The first kappa shape index (κ1) is 24.9. The molecule has 3 aromatic rings. The molecule has 8 heteroatoms. The molecule has 2 atom stereocenters. The monoisotopic (exact) mass is 573 g/mol. The lowest BCUT2D eigenvalue weighted by molar-refractivity contribution is 0.0372. The molecule has 2 unspecified atom stereocenters. The summed E-state index contributed by atoms with van der Waals surface area (Å²) in [6, 6.07) is 17.6. The number of nitrogens with zero attached hydrogens (tertiary/aromatic N) is 6. The highest BCUT2D eigenvalue weighted by atomic mass is 127. The third-order valence-corrected chi connectivity index (χ3v) is 7.03. The van der Waals surface area contributed by atoms with E-state index in [4.69, 9.17) is 4.99 Å². The highest BCUT2D eigenvalue weighted by Crippen LogP contribution is 2.31. The molecule has 0 amide bonds. The number of likely N-dealkylation sites (tertiary alicyclic amines) is 2. The maximum absolute atomic E-state index is 4.98. The molecule has 1 N–H and O–H groups in total. The zero-order valence-electron chi connectivity index (χ0n) is 20.0. The fourth-order valence-corrected chi connectivity index (χ4v) is 5.46. The van der Waals surface area contributed by atoms with Crippen LogP contribution in [0, 0.1) is 5.92 Å². The van der Waals surface area contributed by atoms with Crippen molar-refractivity contribution in [2.24, 2.45) is 10.9 Å². The summed E-state index contributed by atoms with van der Waals surface area (Å²) >= 11 is 0. The first-order chi connectivity index (χ1) is 16.3. The predicted octanol–water partition coefficient (Wildman–Crippen LogP) is 3.84. The molecule has 7 nitrogen and oxygen atoms in total. The van der Waals surface area contributed by atoms with E-state index in [9.17, 15) is 0 Å². The number of piperidine rings is 2. The number of fused-ring (bicyclic) bond motifs is 2. The van der Waals surface area contributed by atoms with Crippen molar-refractivity contribution in [2.75, 3.05) is 32.7 Å². The highest BCUT2D eigenvalue weighted by molar-refractivity contribution is 14.0. The summed E-state index contributed by atoms with van der Waals surface area (Å²) in [5.41, 5.74) is 2.32. The topological polar surface area (TPSA) is 61.1 Å². The molecular formula is C26H36IN7. The molecule has 2 aromatic heterocycles. The third-order valence-electron chi connectivity index (χ3n) is 7.03. The van der Waals surface area contributed by atoms with Crippen LogP contribution in [0.1, 0.15) is 37.6 Å². The predicted molar refractivity (Wildman–Crippen MR) is 148 cm³/mol. The zero-order chi connectivity index (χ0) is 22.5. The van der Waals surface area contributed by atoms with Gasteiger partial charge in [0.25, 0.3) is 0 Å². The number of guanidine groups is 1. The van der Waals surface area contributed by atoms with Crippen molar-refractivity contribution in [2.45, 2.75) is 45.2 Å². The first-order valence-corrected chi connectivity index (χ1v) is 12.4. The molecule has 0 aliphatic carbocycles. The molecule has 2 saturated heterocycles. The van der Waals surface area contributed by atoms with Crippen LogP contribution in [-0.4, -0.2) is 69.1 Å². The van der Waals surface area contributed by atoms with Crippen molar-refractivity contribution >= 4 is 35.6 Å². The minimum Gasteiger partial charge on any atom is -0.357 e. The number of rotatable bonds is 6. The molecular weight excluding hydrogens is 537 g/mol. The van der Waals surface area contributed by atoms with Crippen LogP contribution in [0.5, 0.6) is 0 Å². The van der Waals surface area contributed by atoms with E-state index in [-0.39, 0.29) is 24.0 Å². The van der Waals surface area contributed by atoms with E-state index < -0.39 is 0 Å². The molecule has 0 bridgehead atoms. The van der Waals surface area contributed by atoms with Gasteiger partial charge in [-0.15, -0.1) is 34.2 Å². The molecule has 2 aliphatic rings. The van der Waals surface area contributed by atoms with Crippen LogP contribution in [0.25, 0.3) is 5.65 Å². The van der Waals surface area contributed by atoms with Crippen molar-refractivity contribution in [3.8, 4) is 0 Å². The van der Waals surface area contributed by atoms with Crippen LogP contribution < -0.4 is 5.32 Å². The standard InChI is InChI=1S/C26H35N7.HI/c1-2-27-26(28-15-13-25-30-29-24-12-6-7-17-33(24)25)32-18-14-23-22(20-32)11-8-16-31(23)19-21-9-4-3-5-10-21;/h3-7,9-10,12,17,22-23H,2,8,11,13-16,18-20H2,1H3,(H,27,28);1H. The van der Waals surface area contributed by atoms with Crippen LogP contribution in [0.4, 0.5) is 0 Å². The molecule has 0 radical (unpaired) electrons. The lowest BCUT2D eigenvalue weighted by atomic mass is 9.83. The van der Waals surface area contributed by atoms with Crippen LogP contribution in [0.2, 0.25) is 0 Å². The fourth-order valence-electron chi connectivity index (χ4n) is 5.46. The lowest BCUT2D eigenvalue weighted by Gasteiger charge is -2.48. The van der Waals surface area contributed by atoms with Crippen molar-refractivity contribution in [1.29, 1.82) is 0 Å². The second-order valence-electron chi connectivity index (χ2n) is 9.19. The number of hydrogen-bond acceptors (Lipinski definition) is 4. The molecule has 34 heavy (non-hydrogen) atoms. The van der Waals surface area contributed by atoms with Gasteiger partial charge < -0.3 is 10.2 Å². The van der Waals surface area contributed by atoms with E-state index >= 15 is 0 Å². The molecule has 0 saturated carbocycles. The van der Waals surface area contributed by atoms with E-state index in [0.717, 1.165) is 50.0 Å². The molecule has 2 fully saturated rings. The third kappa shape index (κ3) is 5.71. The first-order valence-electron chi connectivity index (χ1n) is 12.4. The highest BCUT2D eigenvalue weighted by Gasteiger charge is 2.36. The fraction of sp³-hybridized carbons (Fsp3) is 0.500. The summed E-state index contributed by atoms with van der Waals surface area (Å²) in [7, 11) is 0. The molecule has 4 heterocycles. The van der Waals surface area contributed by atoms with Gasteiger partial charge in [0.2, 0.25) is 0 Å². The average molecular weight is 574 g/mol. The van der Waals surface area contributed by atoms with Gasteiger partial charge in [0.1, 0.15) is 5.82 Å². The zero-order valence-corrected chi connectivity index (χ0v) is 22.3. The van der Waals surface area contributed by atoms with Crippen molar-refractivity contribution in [3.05, 3.63) is 66.1 Å². The Labute approximate surface area is 219 Å². The SMILES string of the molecule is CCNC(=NCCc1nnc2ccccn12)N1CCC2C(CCCN2Cc2ccccc2)C1.I. The molecule has 1 aromatic carbocycles. The summed E-state index contributed by atoms with van der Waals surface area (Å²) in [4.78, 5) is 10.2. The Kier molecular flexibility index (Phi) is 8.77. The number of aromatic nitrogens is 3. The maximum Gasteiger partial charge on any atom is 0.193 e. The quantitative estimate of drug-likeness (QED) is 0.276. The largest absolute Gasteiger partial charge is 0.357 e. The second kappa shape index (κ2) is 12.0. The summed E-state index contributed by atoms with van der Waals surface area (Å²) < 4.78 is 2.05. The molecule has 5 rings (SSSR count). The Morgan fingerprint density at radius 3 is 2.76 bits per heavy atom. The Bertz CT molecular complexity index is 1070.